The van der Waals surface area contributed by atoms with Gasteiger partial charge in [-0.3, -0.25) is 14.4 Å². The highest BCUT2D eigenvalue weighted by atomic mass is 16.5. The fourth-order valence-electron chi connectivity index (χ4n) is 3.65. The molecule has 0 saturated carbocycles. The summed E-state index contributed by atoms with van der Waals surface area (Å²) in [6, 6.07) is 16.3. The number of nitrogens with zero attached hydrogens (tertiary/aromatic N) is 3. The van der Waals surface area contributed by atoms with Gasteiger partial charge in [-0.15, -0.1) is 0 Å². The third-order valence-corrected chi connectivity index (χ3v) is 5.34. The molecule has 2 aromatic carbocycles. The Hall–Kier alpha value is -3.45. The number of ether oxygens (including phenoxy) is 1. The van der Waals surface area contributed by atoms with E-state index in [-0.39, 0.29) is 12.5 Å². The van der Waals surface area contributed by atoms with Gasteiger partial charge in [0.25, 0.3) is 11.7 Å². The summed E-state index contributed by atoms with van der Waals surface area (Å²) in [5.74, 6) is -1.26. The molecule has 1 aliphatic rings. The van der Waals surface area contributed by atoms with Gasteiger partial charge in [0.05, 0.1) is 18.8 Å². The highest BCUT2D eigenvalue weighted by Crippen LogP contribution is 2.23. The smallest absolute Gasteiger partial charge is 0.299 e. The van der Waals surface area contributed by atoms with E-state index >= 15 is 0 Å². The number of benzene rings is 2. The van der Waals surface area contributed by atoms with Gasteiger partial charge in [0.1, 0.15) is 6.54 Å². The Balaban J connectivity index is 1.62. The average molecular weight is 405 g/mol. The lowest BCUT2D eigenvalue weighted by Crippen LogP contribution is -2.42. The molecule has 0 unspecified atom stereocenters. The molecule has 0 N–H and O–H groups in total. The molecule has 0 aliphatic carbocycles. The van der Waals surface area contributed by atoms with E-state index < -0.39 is 11.7 Å². The minimum Gasteiger partial charge on any atom is -0.378 e. The first kappa shape index (κ1) is 19.8. The van der Waals surface area contributed by atoms with Crippen molar-refractivity contribution in [1.82, 2.24) is 9.47 Å². The summed E-state index contributed by atoms with van der Waals surface area (Å²) in [6.07, 6.45) is 1.61. The van der Waals surface area contributed by atoms with E-state index in [4.69, 9.17) is 4.74 Å². The molecule has 1 fully saturated rings. The predicted octanol–water partition coefficient (Wildman–Crippen LogP) is 2.35. The highest BCUT2D eigenvalue weighted by Gasteiger charge is 2.26. The molecule has 1 aliphatic heterocycles. The van der Waals surface area contributed by atoms with Gasteiger partial charge in [-0.2, -0.15) is 0 Å². The summed E-state index contributed by atoms with van der Waals surface area (Å²) in [5, 5.41) is 0.659. The van der Waals surface area contributed by atoms with E-state index in [2.05, 4.69) is 0 Å². The first-order chi connectivity index (χ1) is 14.6. The Kier molecular flexibility index (Phi) is 5.63. The number of anilines is 1. The summed E-state index contributed by atoms with van der Waals surface area (Å²) in [6.45, 7) is 2.29. The average Bonchev–Trinajstić information content (AvgIpc) is 3.17. The number of carbonyl (C=O) groups is 3. The van der Waals surface area contributed by atoms with Crippen LogP contribution in [0.5, 0.6) is 0 Å². The summed E-state index contributed by atoms with van der Waals surface area (Å²) in [5.41, 5.74) is 1.69. The van der Waals surface area contributed by atoms with Crippen LogP contribution in [0.3, 0.4) is 0 Å². The molecule has 0 bridgehead atoms. The monoisotopic (exact) mass is 405 g/mol. The standard InChI is InChI=1S/C23H23N3O4/c1-24(17-7-3-2-4-8-17)23(29)22(28)19-15-26(20-10-6-5-9-18(19)20)16-21(27)25-11-13-30-14-12-25/h2-10,15H,11-14,16H2,1H3. The largest absolute Gasteiger partial charge is 0.378 e. The molecule has 3 aromatic rings. The first-order valence-corrected chi connectivity index (χ1v) is 9.87. The fourth-order valence-corrected chi connectivity index (χ4v) is 3.65. The number of Topliss-reactive ketones (excluding diaryl/α,β-unsaturated/α-hetero) is 1. The molecule has 0 atom stereocenters. The third-order valence-electron chi connectivity index (χ3n) is 5.34. The Morgan fingerprint density at radius 3 is 2.37 bits per heavy atom. The van der Waals surface area contributed by atoms with E-state index in [1.165, 1.54) is 4.90 Å². The number of hydrogen-bond donors (Lipinski definition) is 0. The molecule has 0 spiro atoms. The molecule has 1 aromatic heterocycles. The topological polar surface area (TPSA) is 71.9 Å². The fraction of sp³-hybridized carbons (Fsp3) is 0.261. The second-order valence-electron chi connectivity index (χ2n) is 7.21. The van der Waals surface area contributed by atoms with E-state index in [1.807, 2.05) is 36.4 Å². The van der Waals surface area contributed by atoms with Gasteiger partial charge in [0.2, 0.25) is 5.91 Å². The predicted molar refractivity (Wildman–Crippen MR) is 114 cm³/mol. The molecular weight excluding hydrogens is 382 g/mol. The molecular formula is C23H23N3O4. The van der Waals surface area contributed by atoms with Crippen molar-refractivity contribution in [2.24, 2.45) is 0 Å². The van der Waals surface area contributed by atoms with Crippen LogP contribution in [-0.4, -0.2) is 60.4 Å². The summed E-state index contributed by atoms with van der Waals surface area (Å²) in [4.78, 5) is 41.7. The molecule has 1 saturated heterocycles. The van der Waals surface area contributed by atoms with Crippen LogP contribution in [0.25, 0.3) is 10.9 Å². The van der Waals surface area contributed by atoms with Crippen molar-refractivity contribution in [2.75, 3.05) is 38.3 Å². The molecule has 7 nitrogen and oxygen atoms in total. The Morgan fingerprint density at radius 2 is 1.63 bits per heavy atom. The molecule has 154 valence electrons. The minimum atomic E-state index is -0.622. The molecule has 30 heavy (non-hydrogen) atoms. The normalized spacial score (nSPS) is 14.0. The van der Waals surface area contributed by atoms with Gasteiger partial charge >= 0.3 is 0 Å². The Labute approximate surface area is 174 Å². The van der Waals surface area contributed by atoms with Crippen LogP contribution in [0.15, 0.2) is 60.8 Å². The zero-order chi connectivity index (χ0) is 21.1. The van der Waals surface area contributed by atoms with Crippen LogP contribution in [0.1, 0.15) is 10.4 Å². The number of morpholine rings is 1. The van der Waals surface area contributed by atoms with Crippen molar-refractivity contribution < 1.29 is 19.1 Å². The summed E-state index contributed by atoms with van der Waals surface area (Å²) in [7, 11) is 1.58. The van der Waals surface area contributed by atoms with Gasteiger partial charge in [-0.05, 0) is 18.2 Å². The molecule has 4 rings (SSSR count). The van der Waals surface area contributed by atoms with Crippen molar-refractivity contribution in [3.63, 3.8) is 0 Å². The van der Waals surface area contributed by atoms with Crippen LogP contribution in [-0.2, 0) is 20.9 Å². The second kappa shape index (κ2) is 8.51. The number of hydrogen-bond acceptors (Lipinski definition) is 4. The van der Waals surface area contributed by atoms with Crippen LogP contribution in [0, 0.1) is 0 Å². The maximum atomic E-state index is 13.1. The molecule has 7 heteroatoms. The Bertz CT molecular complexity index is 1080. The number of aromatic nitrogens is 1. The second-order valence-corrected chi connectivity index (χ2v) is 7.21. The lowest BCUT2D eigenvalue weighted by atomic mass is 10.1. The molecule has 0 radical (unpaired) electrons. The van der Waals surface area contributed by atoms with Crippen molar-refractivity contribution in [1.29, 1.82) is 0 Å². The van der Waals surface area contributed by atoms with Crippen molar-refractivity contribution in [3.05, 3.63) is 66.4 Å². The van der Waals surface area contributed by atoms with Crippen molar-refractivity contribution in [3.8, 4) is 0 Å². The summed E-state index contributed by atoms with van der Waals surface area (Å²) < 4.78 is 7.05. The maximum Gasteiger partial charge on any atom is 0.299 e. The van der Waals surface area contributed by atoms with E-state index in [1.54, 1.807) is 40.9 Å². The zero-order valence-corrected chi connectivity index (χ0v) is 16.8. The van der Waals surface area contributed by atoms with Gasteiger partial charge in [-0.1, -0.05) is 36.4 Å². The number of rotatable bonds is 5. The van der Waals surface area contributed by atoms with Crippen LogP contribution >= 0.6 is 0 Å². The van der Waals surface area contributed by atoms with E-state index in [9.17, 15) is 14.4 Å². The number of amides is 2. The van der Waals surface area contributed by atoms with Crippen LogP contribution in [0.4, 0.5) is 5.69 Å². The number of likely N-dealkylation sites (N-methyl/N-ethyl adjacent to an activating group) is 1. The van der Waals surface area contributed by atoms with Gasteiger partial charge in [0, 0.05) is 42.9 Å². The quantitative estimate of drug-likeness (QED) is 0.483. The molecule has 2 heterocycles. The van der Waals surface area contributed by atoms with E-state index in [0.29, 0.717) is 42.9 Å². The van der Waals surface area contributed by atoms with Crippen LogP contribution in [0.2, 0.25) is 0 Å². The Morgan fingerprint density at radius 1 is 0.967 bits per heavy atom. The number of para-hydroxylation sites is 2. The number of fused-ring (bicyclic) bond motifs is 1. The van der Waals surface area contributed by atoms with Crippen LogP contribution < -0.4 is 4.90 Å². The van der Waals surface area contributed by atoms with Gasteiger partial charge in [-0.25, -0.2) is 0 Å². The summed E-state index contributed by atoms with van der Waals surface area (Å²) >= 11 is 0. The lowest BCUT2D eigenvalue weighted by molar-refractivity contribution is -0.135. The SMILES string of the molecule is CN(C(=O)C(=O)c1cn(CC(=O)N2CCOCC2)c2ccccc12)c1ccccc1. The lowest BCUT2D eigenvalue weighted by Gasteiger charge is -2.27. The van der Waals surface area contributed by atoms with E-state index in [0.717, 1.165) is 5.52 Å². The van der Waals surface area contributed by atoms with Crippen molar-refractivity contribution in [2.45, 2.75) is 6.54 Å². The minimum absolute atomic E-state index is 0.0363. The van der Waals surface area contributed by atoms with Gasteiger partial charge in [0.15, 0.2) is 0 Å². The van der Waals surface area contributed by atoms with Crippen molar-refractivity contribution >= 4 is 34.2 Å². The number of carbonyl (C=O) groups excluding carboxylic acids is 3. The first-order valence-electron chi connectivity index (χ1n) is 9.87. The molecule has 2 amide bonds. The maximum absolute atomic E-state index is 13.1. The number of ketones is 1. The third kappa shape index (κ3) is 3.84. The van der Waals surface area contributed by atoms with Gasteiger partial charge < -0.3 is 19.1 Å². The zero-order valence-electron chi connectivity index (χ0n) is 16.8. The highest BCUT2D eigenvalue weighted by molar-refractivity contribution is 6.48.